The lowest BCUT2D eigenvalue weighted by atomic mass is 10.7. The smallest absolute Gasteiger partial charge is 0.0740 e. The maximum atomic E-state index is 7.12. The molecule has 0 bridgehead atoms. The first-order valence-electron chi connectivity index (χ1n) is 2.85. The van der Waals surface area contributed by atoms with Crippen molar-refractivity contribution in [1.82, 2.24) is 0 Å². The van der Waals surface area contributed by atoms with Crippen LogP contribution in [0.2, 0.25) is 0 Å². The Labute approximate surface area is 53.2 Å². The molecule has 0 aliphatic heterocycles. The number of hydrogen-bond donors (Lipinski definition) is 0. The molecule has 0 radical (unpaired) electrons. The first-order chi connectivity index (χ1) is 4.13. The van der Waals surface area contributed by atoms with E-state index in [0.717, 1.165) is 11.3 Å². The van der Waals surface area contributed by atoms with E-state index in [1.165, 1.54) is 0 Å². The van der Waals surface area contributed by atoms with E-state index >= 15 is 0 Å². The van der Waals surface area contributed by atoms with E-state index in [1.54, 1.807) is 0 Å². The van der Waals surface area contributed by atoms with Gasteiger partial charge in [-0.25, -0.2) is 0 Å². The molecule has 0 unspecified atom stereocenters. The molecule has 1 aromatic heterocycles. The van der Waals surface area contributed by atoms with E-state index in [9.17, 15) is 0 Å². The summed E-state index contributed by atoms with van der Waals surface area (Å²) < 4.78 is 21.8. The second-order valence-corrected chi connectivity index (χ2v) is 2.86. The first kappa shape index (κ1) is 1.97. The molecule has 0 amide bonds. The van der Waals surface area contributed by atoms with Crippen molar-refractivity contribution in [3.8, 4) is 0 Å². The second kappa shape index (κ2) is 1.76. The SMILES string of the molecule is [2H]c1sc(Br)c([2H])c1[2H]. The van der Waals surface area contributed by atoms with Crippen molar-refractivity contribution in [2.24, 2.45) is 0 Å². The molecule has 6 heavy (non-hydrogen) atoms. The summed E-state index contributed by atoms with van der Waals surface area (Å²) in [5.41, 5.74) is 0. The third-order valence-electron chi connectivity index (χ3n) is 0.352. The Hall–Kier alpha value is 0.180. The fourth-order valence-electron chi connectivity index (χ4n) is 0.170. The summed E-state index contributed by atoms with van der Waals surface area (Å²) in [6.45, 7) is 0. The average Bonchev–Trinajstić information content (AvgIpc) is 1.98. The third kappa shape index (κ3) is 0.820. The zero-order valence-electron chi connectivity index (χ0n) is 5.79. The van der Waals surface area contributed by atoms with E-state index in [1.807, 2.05) is 0 Å². The highest BCUT2D eigenvalue weighted by Gasteiger charge is 1.77. The van der Waals surface area contributed by atoms with Crippen LogP contribution >= 0.6 is 27.3 Å². The van der Waals surface area contributed by atoms with Gasteiger partial charge in [-0.2, -0.15) is 0 Å². The van der Waals surface area contributed by atoms with Gasteiger partial charge in [0.2, 0.25) is 0 Å². The average molecular weight is 166 g/mol. The Morgan fingerprint density at radius 1 is 2.00 bits per heavy atom. The Kier molecular flexibility index (Phi) is 0.576. The highest BCUT2D eigenvalue weighted by molar-refractivity contribution is 9.11. The van der Waals surface area contributed by atoms with Crippen molar-refractivity contribution in [2.45, 2.75) is 0 Å². The van der Waals surface area contributed by atoms with Gasteiger partial charge in [-0.3, -0.25) is 0 Å². The Morgan fingerprint density at radius 3 is 3.00 bits per heavy atom. The van der Waals surface area contributed by atoms with Gasteiger partial charge >= 0.3 is 0 Å². The molecular weight excluding hydrogens is 160 g/mol. The fourth-order valence-corrected chi connectivity index (χ4v) is 0.806. The Bertz CT molecular complexity index is 209. The Morgan fingerprint density at radius 2 is 2.83 bits per heavy atom. The Balaban J connectivity index is 3.29. The van der Waals surface area contributed by atoms with E-state index in [4.69, 9.17) is 4.11 Å². The molecule has 0 atom stereocenters. The molecule has 32 valence electrons. The highest BCUT2D eigenvalue weighted by Crippen LogP contribution is 2.14. The maximum absolute atomic E-state index is 7.12. The van der Waals surface area contributed by atoms with Crippen LogP contribution < -0.4 is 0 Å². The van der Waals surface area contributed by atoms with Gasteiger partial charge in [-0.15, -0.1) is 11.3 Å². The van der Waals surface area contributed by atoms with Gasteiger partial charge in [0.25, 0.3) is 0 Å². The van der Waals surface area contributed by atoms with Crippen molar-refractivity contribution < 1.29 is 4.11 Å². The largest absolute Gasteiger partial charge is 0.137 e. The van der Waals surface area contributed by atoms with Gasteiger partial charge in [0.05, 0.1) is 7.90 Å². The van der Waals surface area contributed by atoms with Crippen LogP contribution in [0.15, 0.2) is 21.2 Å². The molecule has 0 N–H and O–H groups in total. The molecule has 0 saturated heterocycles. The summed E-state index contributed by atoms with van der Waals surface area (Å²) in [7, 11) is 0. The van der Waals surface area contributed by atoms with Crippen LogP contribution in [0.4, 0.5) is 0 Å². The maximum Gasteiger partial charge on any atom is 0.0740 e. The van der Waals surface area contributed by atoms with Crippen LogP contribution in [0.5, 0.6) is 0 Å². The predicted molar refractivity (Wildman–Crippen MR) is 32.0 cm³/mol. The number of rotatable bonds is 0. The summed E-state index contributed by atoms with van der Waals surface area (Å²) in [5, 5.41) is 0.145. The molecular formula is C4H3BrS. The van der Waals surface area contributed by atoms with E-state index in [-0.39, 0.29) is 17.4 Å². The summed E-state index contributed by atoms with van der Waals surface area (Å²) in [6, 6.07) is 0.122. The standard InChI is InChI=1S/C4H3BrS/c5-4-2-1-3-6-4/h1-3H/i1D,2D,3D. The summed E-state index contributed by atoms with van der Waals surface area (Å²) in [5.74, 6) is 0. The predicted octanol–water partition coefficient (Wildman–Crippen LogP) is 2.51. The molecule has 1 rings (SSSR count). The molecule has 2 heteroatoms. The van der Waals surface area contributed by atoms with E-state index in [2.05, 4.69) is 15.9 Å². The van der Waals surface area contributed by atoms with E-state index in [0.29, 0.717) is 3.79 Å². The molecule has 0 spiro atoms. The quantitative estimate of drug-likeness (QED) is 0.555. The number of thiophene rings is 1. The lowest BCUT2D eigenvalue weighted by Gasteiger charge is -1.62. The first-order valence-corrected chi connectivity index (χ1v) is 2.96. The summed E-state index contributed by atoms with van der Waals surface area (Å²) >= 11 is 4.16. The van der Waals surface area contributed by atoms with Crippen molar-refractivity contribution >= 4 is 27.3 Å². The molecule has 0 saturated carbocycles. The lowest BCUT2D eigenvalue weighted by molar-refractivity contribution is 1.97. The third-order valence-corrected chi connectivity index (χ3v) is 1.52. The van der Waals surface area contributed by atoms with Crippen molar-refractivity contribution in [3.05, 3.63) is 21.2 Å². The minimum absolute atomic E-state index is 0.00637. The number of halogens is 1. The zero-order chi connectivity index (χ0) is 7.02. The molecule has 0 aliphatic carbocycles. The van der Waals surface area contributed by atoms with Gasteiger partial charge in [-0.1, -0.05) is 6.04 Å². The van der Waals surface area contributed by atoms with Crippen LogP contribution in [0, 0.1) is 0 Å². The molecule has 0 aromatic carbocycles. The fraction of sp³-hybridized carbons (Fsp3) is 0. The van der Waals surface area contributed by atoms with Crippen LogP contribution in [0.1, 0.15) is 4.11 Å². The molecule has 1 aromatic rings. The molecule has 1 heterocycles. The van der Waals surface area contributed by atoms with Crippen LogP contribution in [0.3, 0.4) is 0 Å². The topological polar surface area (TPSA) is 0 Å². The van der Waals surface area contributed by atoms with Crippen molar-refractivity contribution in [2.75, 3.05) is 0 Å². The van der Waals surface area contributed by atoms with Crippen molar-refractivity contribution in [3.63, 3.8) is 0 Å². The van der Waals surface area contributed by atoms with Gasteiger partial charge < -0.3 is 0 Å². The van der Waals surface area contributed by atoms with Crippen LogP contribution in [-0.2, 0) is 0 Å². The molecule has 0 nitrogen and oxygen atoms in total. The normalized spacial score (nSPS) is 15.8. The zero-order valence-corrected chi connectivity index (χ0v) is 5.19. The minimum atomic E-state index is 0.00637. The highest BCUT2D eigenvalue weighted by atomic mass is 79.9. The van der Waals surface area contributed by atoms with Gasteiger partial charge in [0.15, 0.2) is 0 Å². The second-order valence-electron chi connectivity index (χ2n) is 0.728. The lowest BCUT2D eigenvalue weighted by Crippen LogP contribution is -1.29. The monoisotopic (exact) mass is 165 g/mol. The van der Waals surface area contributed by atoms with Gasteiger partial charge in [-0.05, 0) is 27.3 Å². The van der Waals surface area contributed by atoms with Crippen LogP contribution in [0.25, 0.3) is 0 Å². The van der Waals surface area contributed by atoms with E-state index < -0.39 is 0 Å². The van der Waals surface area contributed by atoms with Crippen molar-refractivity contribution in [1.29, 1.82) is 0 Å². The minimum Gasteiger partial charge on any atom is -0.137 e. The van der Waals surface area contributed by atoms with Crippen LogP contribution in [-0.4, -0.2) is 0 Å². The molecule has 0 aliphatic rings. The molecule has 0 fully saturated rings. The van der Waals surface area contributed by atoms with Gasteiger partial charge in [0, 0.05) is 0 Å². The summed E-state index contributed by atoms with van der Waals surface area (Å²) in [6.07, 6.45) is 0. The van der Waals surface area contributed by atoms with Gasteiger partial charge in [0.1, 0.15) is 0 Å². The summed E-state index contributed by atoms with van der Waals surface area (Å²) in [4.78, 5) is 0. The number of hydrogen-bond acceptors (Lipinski definition) is 1.